The second-order valence-corrected chi connectivity index (χ2v) is 7.98. The molecule has 1 fully saturated rings. The number of anilines is 1. The van der Waals surface area contributed by atoms with Crippen LogP contribution in [0.5, 0.6) is 0 Å². The number of nitrogens with two attached hydrogens (primary N) is 1. The summed E-state index contributed by atoms with van der Waals surface area (Å²) in [4.78, 5) is 23.6. The maximum absolute atomic E-state index is 12.4. The first-order valence-electron chi connectivity index (χ1n) is 8.38. The summed E-state index contributed by atoms with van der Waals surface area (Å²) in [7, 11) is 0. The number of primary amides is 1. The molecule has 138 valence electrons. The standard InChI is InChI=1S/C17H20ClN5O2S/c1-10(16(25)20-13-6-4-12(18)5-7-13)26-17-22-21-15(11-2-3-11)23(17)9-8-14(19)24/h4-7,10-11H,2-3,8-9H2,1H3,(H2,19,24)(H,20,25)/t10-/m0/s1. The minimum atomic E-state index is -0.380. The average Bonchev–Trinajstić information content (AvgIpc) is 3.37. The summed E-state index contributed by atoms with van der Waals surface area (Å²) in [6.45, 7) is 2.24. The summed E-state index contributed by atoms with van der Waals surface area (Å²) in [6.07, 6.45) is 2.37. The zero-order chi connectivity index (χ0) is 18.7. The van der Waals surface area contributed by atoms with E-state index in [0.717, 1.165) is 18.7 Å². The third-order valence-corrected chi connectivity index (χ3v) is 5.37. The van der Waals surface area contributed by atoms with Gasteiger partial charge in [0, 0.05) is 29.6 Å². The maximum atomic E-state index is 12.4. The van der Waals surface area contributed by atoms with E-state index in [0.29, 0.717) is 28.3 Å². The number of nitrogens with one attached hydrogen (secondary N) is 1. The van der Waals surface area contributed by atoms with E-state index in [2.05, 4.69) is 15.5 Å². The van der Waals surface area contributed by atoms with Crippen LogP contribution in [0.2, 0.25) is 5.02 Å². The molecule has 7 nitrogen and oxygen atoms in total. The van der Waals surface area contributed by atoms with E-state index < -0.39 is 0 Å². The number of amides is 2. The molecular weight excluding hydrogens is 374 g/mol. The molecule has 1 saturated carbocycles. The van der Waals surface area contributed by atoms with Crippen molar-refractivity contribution in [2.75, 3.05) is 5.32 Å². The minimum Gasteiger partial charge on any atom is -0.370 e. The van der Waals surface area contributed by atoms with Crippen LogP contribution in [0.4, 0.5) is 5.69 Å². The van der Waals surface area contributed by atoms with Crippen LogP contribution in [0.1, 0.15) is 37.9 Å². The normalized spacial score (nSPS) is 14.8. The van der Waals surface area contributed by atoms with Crippen LogP contribution in [-0.2, 0) is 16.1 Å². The monoisotopic (exact) mass is 393 g/mol. The second kappa shape index (κ2) is 8.09. The molecule has 0 radical (unpaired) electrons. The van der Waals surface area contributed by atoms with Crippen LogP contribution < -0.4 is 11.1 Å². The number of rotatable bonds is 8. The molecule has 1 aliphatic carbocycles. The van der Waals surface area contributed by atoms with Gasteiger partial charge >= 0.3 is 0 Å². The molecule has 1 aromatic heterocycles. The van der Waals surface area contributed by atoms with Crippen molar-refractivity contribution in [1.29, 1.82) is 0 Å². The summed E-state index contributed by atoms with van der Waals surface area (Å²) in [5.74, 6) is 0.752. The maximum Gasteiger partial charge on any atom is 0.237 e. The summed E-state index contributed by atoms with van der Waals surface area (Å²) >= 11 is 7.17. The van der Waals surface area contributed by atoms with Gasteiger partial charge in [0.15, 0.2) is 5.16 Å². The van der Waals surface area contributed by atoms with Gasteiger partial charge in [0.2, 0.25) is 11.8 Å². The smallest absolute Gasteiger partial charge is 0.237 e. The largest absolute Gasteiger partial charge is 0.370 e. The van der Waals surface area contributed by atoms with Crippen molar-refractivity contribution in [3.8, 4) is 0 Å². The molecule has 1 atom stereocenters. The highest BCUT2D eigenvalue weighted by Crippen LogP contribution is 2.40. The Morgan fingerprint density at radius 1 is 1.35 bits per heavy atom. The molecule has 26 heavy (non-hydrogen) atoms. The predicted molar refractivity (Wildman–Crippen MR) is 101 cm³/mol. The Hall–Kier alpha value is -2.06. The first kappa shape index (κ1) is 18.7. The Balaban J connectivity index is 1.67. The SMILES string of the molecule is C[C@H](Sc1nnc(C2CC2)n1CCC(N)=O)C(=O)Nc1ccc(Cl)cc1. The van der Waals surface area contributed by atoms with Gasteiger partial charge in [0.1, 0.15) is 5.82 Å². The molecule has 0 aliphatic heterocycles. The van der Waals surface area contributed by atoms with Crippen molar-refractivity contribution in [3.05, 3.63) is 35.1 Å². The van der Waals surface area contributed by atoms with E-state index in [1.54, 1.807) is 31.2 Å². The summed E-state index contributed by atoms with van der Waals surface area (Å²) in [6, 6.07) is 6.94. The molecule has 2 amide bonds. The summed E-state index contributed by atoms with van der Waals surface area (Å²) in [5, 5.41) is 12.2. The fraction of sp³-hybridized carbons (Fsp3) is 0.412. The van der Waals surface area contributed by atoms with E-state index in [1.165, 1.54) is 11.8 Å². The highest BCUT2D eigenvalue weighted by molar-refractivity contribution is 8.00. The topological polar surface area (TPSA) is 103 Å². The number of halogens is 1. The Labute approximate surface area is 160 Å². The number of thioether (sulfide) groups is 1. The van der Waals surface area contributed by atoms with Crippen molar-refractivity contribution in [1.82, 2.24) is 14.8 Å². The highest BCUT2D eigenvalue weighted by atomic mass is 35.5. The van der Waals surface area contributed by atoms with Crippen molar-refractivity contribution >= 4 is 40.9 Å². The van der Waals surface area contributed by atoms with Gasteiger partial charge in [0.05, 0.1) is 5.25 Å². The predicted octanol–water partition coefficient (Wildman–Crippen LogP) is 2.80. The Morgan fingerprint density at radius 2 is 2.04 bits per heavy atom. The second-order valence-electron chi connectivity index (χ2n) is 6.24. The Bertz CT molecular complexity index is 804. The van der Waals surface area contributed by atoms with E-state index in [9.17, 15) is 9.59 Å². The van der Waals surface area contributed by atoms with Gasteiger partial charge in [-0.3, -0.25) is 9.59 Å². The van der Waals surface area contributed by atoms with Gasteiger partial charge in [-0.15, -0.1) is 10.2 Å². The van der Waals surface area contributed by atoms with Crippen LogP contribution in [0.3, 0.4) is 0 Å². The molecule has 0 spiro atoms. The first-order chi connectivity index (χ1) is 12.4. The summed E-state index contributed by atoms with van der Waals surface area (Å²) < 4.78 is 1.92. The lowest BCUT2D eigenvalue weighted by Gasteiger charge is -2.13. The Kier molecular flexibility index (Phi) is 5.83. The molecule has 2 aromatic rings. The zero-order valence-corrected chi connectivity index (χ0v) is 15.9. The van der Waals surface area contributed by atoms with Crippen LogP contribution in [0.25, 0.3) is 0 Å². The first-order valence-corrected chi connectivity index (χ1v) is 9.64. The molecule has 9 heteroatoms. The lowest BCUT2D eigenvalue weighted by Crippen LogP contribution is -2.23. The van der Waals surface area contributed by atoms with Crippen LogP contribution in [-0.4, -0.2) is 31.8 Å². The van der Waals surface area contributed by atoms with E-state index in [4.69, 9.17) is 17.3 Å². The average molecular weight is 394 g/mol. The van der Waals surface area contributed by atoms with Gasteiger partial charge in [-0.25, -0.2) is 0 Å². The molecule has 1 heterocycles. The quantitative estimate of drug-likeness (QED) is 0.671. The minimum absolute atomic E-state index is 0.144. The Morgan fingerprint density at radius 3 is 2.65 bits per heavy atom. The van der Waals surface area contributed by atoms with E-state index in [1.807, 2.05) is 4.57 Å². The van der Waals surface area contributed by atoms with Crippen molar-refractivity contribution in [3.63, 3.8) is 0 Å². The third-order valence-electron chi connectivity index (χ3n) is 4.03. The van der Waals surface area contributed by atoms with Gasteiger partial charge in [0.25, 0.3) is 0 Å². The lowest BCUT2D eigenvalue weighted by molar-refractivity contribution is -0.118. The van der Waals surface area contributed by atoms with Crippen LogP contribution >= 0.6 is 23.4 Å². The van der Waals surface area contributed by atoms with Crippen molar-refractivity contribution in [2.45, 2.75) is 49.1 Å². The molecule has 1 aliphatic rings. The number of hydrogen-bond donors (Lipinski definition) is 2. The van der Waals surface area contributed by atoms with Crippen molar-refractivity contribution < 1.29 is 9.59 Å². The van der Waals surface area contributed by atoms with Gasteiger partial charge < -0.3 is 15.6 Å². The number of hydrogen-bond acceptors (Lipinski definition) is 5. The zero-order valence-electron chi connectivity index (χ0n) is 14.3. The number of nitrogens with zero attached hydrogens (tertiary/aromatic N) is 3. The van der Waals surface area contributed by atoms with Gasteiger partial charge in [-0.2, -0.15) is 0 Å². The summed E-state index contributed by atoms with van der Waals surface area (Å²) in [5.41, 5.74) is 5.95. The molecular formula is C17H20ClN5O2S. The molecule has 3 rings (SSSR count). The van der Waals surface area contributed by atoms with Crippen LogP contribution in [0.15, 0.2) is 29.4 Å². The molecule has 1 aromatic carbocycles. The fourth-order valence-electron chi connectivity index (χ4n) is 2.45. The number of aromatic nitrogens is 3. The van der Waals surface area contributed by atoms with Gasteiger partial charge in [-0.1, -0.05) is 23.4 Å². The van der Waals surface area contributed by atoms with Gasteiger partial charge in [-0.05, 0) is 44.0 Å². The van der Waals surface area contributed by atoms with Crippen LogP contribution in [0, 0.1) is 0 Å². The van der Waals surface area contributed by atoms with E-state index >= 15 is 0 Å². The number of carbonyl (C=O) groups is 2. The molecule has 0 bridgehead atoms. The fourth-order valence-corrected chi connectivity index (χ4v) is 3.46. The molecule has 3 N–H and O–H groups in total. The van der Waals surface area contributed by atoms with Crippen molar-refractivity contribution in [2.24, 2.45) is 5.73 Å². The lowest BCUT2D eigenvalue weighted by atomic mass is 10.3. The molecule has 0 unspecified atom stereocenters. The number of benzene rings is 1. The highest BCUT2D eigenvalue weighted by Gasteiger charge is 2.31. The molecule has 0 saturated heterocycles. The third kappa shape index (κ3) is 4.76. The number of carbonyl (C=O) groups excluding carboxylic acids is 2. The van der Waals surface area contributed by atoms with E-state index in [-0.39, 0.29) is 23.5 Å².